The van der Waals surface area contributed by atoms with Crippen LogP contribution >= 0.6 is 0 Å². The van der Waals surface area contributed by atoms with Crippen LogP contribution in [0.5, 0.6) is 0 Å². The summed E-state index contributed by atoms with van der Waals surface area (Å²) in [5.74, 6) is -0.219. The molecule has 0 aliphatic carbocycles. The molecule has 4 heteroatoms. The van der Waals surface area contributed by atoms with Crippen LogP contribution in [-0.2, 0) is 6.18 Å². The Hall–Kier alpha value is -2.36. The molecule has 0 atom stereocenters. The molecule has 0 aliphatic heterocycles. The van der Waals surface area contributed by atoms with E-state index in [4.69, 9.17) is 0 Å². The molecule has 0 amide bonds. The number of halogens is 3. The first-order valence-electron chi connectivity index (χ1n) is 7.16. The van der Waals surface area contributed by atoms with Crippen LogP contribution in [0, 0.1) is 13.8 Å². The number of carbonyl (C=O) groups excluding carboxylic acids is 1. The molecule has 1 nitrogen and oxygen atoms in total. The molecule has 2 aromatic carbocycles. The van der Waals surface area contributed by atoms with Gasteiger partial charge in [0.05, 0.1) is 5.56 Å². The number of carbonyl (C=O) groups is 1. The Morgan fingerprint density at radius 2 is 1.65 bits per heavy atom. The Bertz CT molecular complexity index is 770. The summed E-state index contributed by atoms with van der Waals surface area (Å²) >= 11 is 0. The highest BCUT2D eigenvalue weighted by atomic mass is 19.4. The summed E-state index contributed by atoms with van der Waals surface area (Å²) in [7, 11) is 0. The summed E-state index contributed by atoms with van der Waals surface area (Å²) in [6.07, 6.45) is -3.02. The van der Waals surface area contributed by atoms with Gasteiger partial charge in [0.25, 0.3) is 0 Å². The minimum atomic E-state index is -4.39. The predicted molar refractivity (Wildman–Crippen MR) is 85.3 cm³/mol. The van der Waals surface area contributed by atoms with Gasteiger partial charge in [0.2, 0.25) is 0 Å². The third-order valence-corrected chi connectivity index (χ3v) is 3.78. The van der Waals surface area contributed by atoms with E-state index in [0.717, 1.165) is 23.3 Å². The molecular formula is C19H17F3O. The lowest BCUT2D eigenvalue weighted by atomic mass is 9.99. The van der Waals surface area contributed by atoms with Crippen molar-refractivity contribution in [2.45, 2.75) is 26.9 Å². The predicted octanol–water partition coefficient (Wildman–Crippen LogP) is 5.61. The van der Waals surface area contributed by atoms with E-state index in [9.17, 15) is 18.0 Å². The Morgan fingerprint density at radius 3 is 2.26 bits per heavy atom. The summed E-state index contributed by atoms with van der Waals surface area (Å²) in [5.41, 5.74) is 2.78. The summed E-state index contributed by atoms with van der Waals surface area (Å²) in [5, 5.41) is 0. The fourth-order valence-electron chi connectivity index (χ4n) is 2.20. The van der Waals surface area contributed by atoms with Gasteiger partial charge < -0.3 is 0 Å². The monoisotopic (exact) mass is 318 g/mol. The molecule has 0 aromatic heterocycles. The van der Waals surface area contributed by atoms with E-state index in [0.29, 0.717) is 16.7 Å². The minimum Gasteiger partial charge on any atom is -0.289 e. The number of ketones is 1. The molecular weight excluding hydrogens is 301 g/mol. The normalized spacial score (nSPS) is 12.3. The summed E-state index contributed by atoms with van der Waals surface area (Å²) in [6, 6.07) is 10.3. The number of hydrogen-bond donors (Lipinski definition) is 0. The lowest BCUT2D eigenvalue weighted by Gasteiger charge is -2.09. The first-order valence-corrected chi connectivity index (χ1v) is 7.16. The molecule has 23 heavy (non-hydrogen) atoms. The highest BCUT2D eigenvalue weighted by Gasteiger charge is 2.30. The maximum Gasteiger partial charge on any atom is 0.416 e. The van der Waals surface area contributed by atoms with Crippen LogP contribution in [0.1, 0.15) is 39.5 Å². The van der Waals surface area contributed by atoms with Crippen molar-refractivity contribution in [2.24, 2.45) is 0 Å². The molecule has 0 saturated heterocycles. The standard InChI is InChI=1S/C19H17F3O/c1-12-7-8-16(9-13(12)2)18(23)10-14(3)15-5-4-6-17(11-15)19(20,21)22/h4-11H,1-3H3/b14-10-. The Morgan fingerprint density at radius 1 is 0.957 bits per heavy atom. The number of benzene rings is 2. The van der Waals surface area contributed by atoms with Gasteiger partial charge in [0, 0.05) is 5.56 Å². The van der Waals surface area contributed by atoms with Crippen molar-refractivity contribution in [3.63, 3.8) is 0 Å². The quantitative estimate of drug-likeness (QED) is 0.531. The SMILES string of the molecule is C/C(=C/C(=O)c1ccc(C)c(C)c1)c1cccc(C(F)(F)F)c1. The van der Waals surface area contributed by atoms with Crippen molar-refractivity contribution in [3.05, 3.63) is 76.4 Å². The van der Waals surface area contributed by atoms with Gasteiger partial charge >= 0.3 is 6.18 Å². The molecule has 0 unspecified atom stereocenters. The first kappa shape index (κ1) is 17.0. The van der Waals surface area contributed by atoms with E-state index >= 15 is 0 Å². The Labute approximate surface area is 133 Å². The minimum absolute atomic E-state index is 0.219. The third kappa shape index (κ3) is 4.09. The van der Waals surface area contributed by atoms with Gasteiger partial charge in [-0.15, -0.1) is 0 Å². The fraction of sp³-hybridized carbons (Fsp3) is 0.211. The van der Waals surface area contributed by atoms with Crippen molar-refractivity contribution in [3.8, 4) is 0 Å². The molecule has 0 N–H and O–H groups in total. The number of aryl methyl sites for hydroxylation is 2. The number of hydrogen-bond acceptors (Lipinski definition) is 1. The second-order valence-electron chi connectivity index (χ2n) is 5.57. The maximum atomic E-state index is 12.8. The van der Waals surface area contributed by atoms with Crippen molar-refractivity contribution >= 4 is 11.4 Å². The van der Waals surface area contributed by atoms with Crippen molar-refractivity contribution in [1.29, 1.82) is 0 Å². The fourth-order valence-corrected chi connectivity index (χ4v) is 2.20. The molecule has 2 rings (SSSR count). The van der Waals surface area contributed by atoms with Crippen LogP contribution < -0.4 is 0 Å². The van der Waals surface area contributed by atoms with E-state index < -0.39 is 11.7 Å². The number of allylic oxidation sites excluding steroid dienone is 2. The summed E-state index contributed by atoms with van der Waals surface area (Å²) in [6.45, 7) is 5.50. The second-order valence-corrected chi connectivity index (χ2v) is 5.57. The lowest BCUT2D eigenvalue weighted by molar-refractivity contribution is -0.137. The zero-order valence-corrected chi connectivity index (χ0v) is 13.2. The molecule has 120 valence electrons. The first-order chi connectivity index (χ1) is 10.7. The maximum absolute atomic E-state index is 12.8. The molecule has 0 spiro atoms. The number of alkyl halides is 3. The lowest BCUT2D eigenvalue weighted by Crippen LogP contribution is -2.05. The zero-order valence-electron chi connectivity index (χ0n) is 13.2. The molecule has 0 fully saturated rings. The molecule has 0 radical (unpaired) electrons. The molecule has 0 heterocycles. The smallest absolute Gasteiger partial charge is 0.289 e. The molecule has 0 aliphatic rings. The van der Waals surface area contributed by atoms with E-state index in [1.165, 1.54) is 12.1 Å². The van der Waals surface area contributed by atoms with Crippen LogP contribution in [0.2, 0.25) is 0 Å². The van der Waals surface area contributed by atoms with Crippen molar-refractivity contribution in [2.75, 3.05) is 0 Å². The van der Waals surface area contributed by atoms with E-state index in [2.05, 4.69) is 0 Å². The zero-order chi connectivity index (χ0) is 17.2. The van der Waals surface area contributed by atoms with Crippen LogP contribution in [0.25, 0.3) is 5.57 Å². The van der Waals surface area contributed by atoms with Gasteiger partial charge in [-0.25, -0.2) is 0 Å². The largest absolute Gasteiger partial charge is 0.416 e. The highest BCUT2D eigenvalue weighted by molar-refractivity contribution is 6.08. The van der Waals surface area contributed by atoms with Gasteiger partial charge in [-0.2, -0.15) is 13.2 Å². The van der Waals surface area contributed by atoms with E-state index in [1.807, 2.05) is 19.9 Å². The van der Waals surface area contributed by atoms with Crippen molar-refractivity contribution < 1.29 is 18.0 Å². The molecule has 0 saturated carbocycles. The van der Waals surface area contributed by atoms with Crippen LogP contribution in [-0.4, -0.2) is 5.78 Å². The second kappa shape index (κ2) is 6.41. The average Bonchev–Trinajstić information content (AvgIpc) is 2.49. The van der Waals surface area contributed by atoms with Gasteiger partial charge in [-0.3, -0.25) is 4.79 Å². The summed E-state index contributed by atoms with van der Waals surface area (Å²) < 4.78 is 38.3. The van der Waals surface area contributed by atoms with Gasteiger partial charge in [0.1, 0.15) is 0 Å². The van der Waals surface area contributed by atoms with Crippen molar-refractivity contribution in [1.82, 2.24) is 0 Å². The van der Waals surface area contributed by atoms with Crippen LogP contribution in [0.4, 0.5) is 13.2 Å². The van der Waals surface area contributed by atoms with Gasteiger partial charge in [0.15, 0.2) is 5.78 Å². The summed E-state index contributed by atoms with van der Waals surface area (Å²) in [4.78, 5) is 12.3. The third-order valence-electron chi connectivity index (χ3n) is 3.78. The molecule has 2 aromatic rings. The topological polar surface area (TPSA) is 17.1 Å². The van der Waals surface area contributed by atoms with Gasteiger partial charge in [-0.1, -0.05) is 24.3 Å². The van der Waals surface area contributed by atoms with E-state index in [-0.39, 0.29) is 5.78 Å². The van der Waals surface area contributed by atoms with E-state index in [1.54, 1.807) is 25.1 Å². The molecule has 0 bridgehead atoms. The van der Waals surface area contributed by atoms with Gasteiger partial charge in [-0.05, 0) is 67.3 Å². The average molecular weight is 318 g/mol. The van der Waals surface area contributed by atoms with Crippen LogP contribution in [0.15, 0.2) is 48.5 Å². The highest BCUT2D eigenvalue weighted by Crippen LogP contribution is 2.31. The Balaban J connectivity index is 2.32. The number of rotatable bonds is 3. The van der Waals surface area contributed by atoms with Crippen LogP contribution in [0.3, 0.4) is 0 Å². The Kier molecular flexibility index (Phi) is 4.73.